The van der Waals surface area contributed by atoms with Gasteiger partial charge >= 0.3 is 0 Å². The molecule has 0 bridgehead atoms. The van der Waals surface area contributed by atoms with Crippen molar-refractivity contribution in [2.45, 2.75) is 19.8 Å². The van der Waals surface area contributed by atoms with E-state index in [0.29, 0.717) is 12.2 Å². The van der Waals surface area contributed by atoms with Crippen molar-refractivity contribution in [3.63, 3.8) is 0 Å². The van der Waals surface area contributed by atoms with Crippen LogP contribution in [0.15, 0.2) is 42.5 Å². The average molecular weight is 286 g/mol. The van der Waals surface area contributed by atoms with Crippen LogP contribution in [-0.4, -0.2) is 12.5 Å². The van der Waals surface area contributed by atoms with E-state index in [9.17, 15) is 9.18 Å². The van der Waals surface area contributed by atoms with Crippen LogP contribution in [0.4, 0.5) is 10.1 Å². The minimum absolute atomic E-state index is 0.0490. The van der Waals surface area contributed by atoms with Gasteiger partial charge in [-0.15, -0.1) is 0 Å². The molecule has 0 heterocycles. The number of amides is 1. The number of hydrogen-bond donors (Lipinski definition) is 2. The van der Waals surface area contributed by atoms with Crippen molar-refractivity contribution in [2.24, 2.45) is 5.73 Å². The number of nitrogens with one attached hydrogen (secondary N) is 1. The van der Waals surface area contributed by atoms with Crippen LogP contribution in [0.5, 0.6) is 0 Å². The zero-order valence-electron chi connectivity index (χ0n) is 12.0. The maximum atomic E-state index is 13.8. The Hall–Kier alpha value is -2.20. The molecular weight excluding hydrogens is 267 g/mol. The van der Waals surface area contributed by atoms with E-state index in [-0.39, 0.29) is 5.56 Å². The molecule has 0 aliphatic heterocycles. The molecule has 2 rings (SSSR count). The first-order valence-corrected chi connectivity index (χ1v) is 6.96. The highest BCUT2D eigenvalue weighted by Crippen LogP contribution is 2.15. The molecule has 21 heavy (non-hydrogen) atoms. The molecule has 0 aromatic heterocycles. The molecule has 2 aromatic carbocycles. The highest BCUT2D eigenvalue weighted by Gasteiger charge is 2.11. The van der Waals surface area contributed by atoms with E-state index < -0.39 is 11.7 Å². The Morgan fingerprint density at radius 1 is 1.24 bits per heavy atom. The summed E-state index contributed by atoms with van der Waals surface area (Å²) in [5, 5.41) is 2.73. The Morgan fingerprint density at radius 3 is 2.76 bits per heavy atom. The number of nitrogens with two attached hydrogens (primary N) is 1. The second-order valence-electron chi connectivity index (χ2n) is 5.03. The predicted molar refractivity (Wildman–Crippen MR) is 82.9 cm³/mol. The minimum Gasteiger partial charge on any atom is -0.330 e. The van der Waals surface area contributed by atoms with Crippen molar-refractivity contribution in [3.8, 4) is 0 Å². The Balaban J connectivity index is 2.12. The van der Waals surface area contributed by atoms with Gasteiger partial charge in [0, 0.05) is 5.69 Å². The lowest BCUT2D eigenvalue weighted by Crippen LogP contribution is -2.14. The lowest BCUT2D eigenvalue weighted by atomic mass is 10.1. The Kier molecular flexibility index (Phi) is 5.06. The summed E-state index contributed by atoms with van der Waals surface area (Å²) in [6.45, 7) is 2.41. The fraction of sp³-hybridized carbons (Fsp3) is 0.235. The van der Waals surface area contributed by atoms with E-state index >= 15 is 0 Å². The number of anilines is 1. The molecule has 1 amide bonds. The van der Waals surface area contributed by atoms with Crippen LogP contribution >= 0.6 is 0 Å². The van der Waals surface area contributed by atoms with E-state index in [1.807, 2.05) is 18.2 Å². The molecule has 0 aliphatic rings. The molecule has 0 radical (unpaired) electrons. The summed E-state index contributed by atoms with van der Waals surface area (Å²) in [4.78, 5) is 12.1. The lowest BCUT2D eigenvalue weighted by molar-refractivity contribution is 0.102. The standard InChI is InChI=1S/C17H19FN2O/c1-12-7-8-15(16(18)10-12)17(21)20-14-6-2-4-13(11-14)5-3-9-19/h2,4,6-8,10-11H,3,5,9,19H2,1H3,(H,20,21). The number of halogens is 1. The van der Waals surface area contributed by atoms with Crippen molar-refractivity contribution >= 4 is 11.6 Å². The van der Waals surface area contributed by atoms with E-state index in [2.05, 4.69) is 5.32 Å². The van der Waals surface area contributed by atoms with Gasteiger partial charge in [-0.2, -0.15) is 0 Å². The van der Waals surface area contributed by atoms with Crippen LogP contribution in [0.3, 0.4) is 0 Å². The van der Waals surface area contributed by atoms with Gasteiger partial charge in [0.15, 0.2) is 0 Å². The molecule has 0 fully saturated rings. The zero-order valence-corrected chi connectivity index (χ0v) is 12.0. The Labute approximate surface area is 124 Å². The summed E-state index contributed by atoms with van der Waals surface area (Å²) >= 11 is 0. The quantitative estimate of drug-likeness (QED) is 0.886. The van der Waals surface area contributed by atoms with Gasteiger partial charge in [-0.05, 0) is 61.7 Å². The lowest BCUT2D eigenvalue weighted by Gasteiger charge is -2.08. The molecule has 0 aliphatic carbocycles. The van der Waals surface area contributed by atoms with E-state index in [1.54, 1.807) is 19.1 Å². The normalized spacial score (nSPS) is 10.4. The number of carbonyl (C=O) groups is 1. The van der Waals surface area contributed by atoms with Gasteiger partial charge in [0.25, 0.3) is 5.91 Å². The van der Waals surface area contributed by atoms with Gasteiger partial charge < -0.3 is 11.1 Å². The molecule has 0 atom stereocenters. The van der Waals surface area contributed by atoms with Crippen LogP contribution < -0.4 is 11.1 Å². The zero-order chi connectivity index (χ0) is 15.2. The van der Waals surface area contributed by atoms with Crippen molar-refractivity contribution < 1.29 is 9.18 Å². The summed E-state index contributed by atoms with van der Waals surface area (Å²) in [5.41, 5.74) is 8.08. The SMILES string of the molecule is Cc1ccc(C(=O)Nc2cccc(CCCN)c2)c(F)c1. The van der Waals surface area contributed by atoms with E-state index in [1.165, 1.54) is 12.1 Å². The summed E-state index contributed by atoms with van der Waals surface area (Å²) in [7, 11) is 0. The number of carbonyl (C=O) groups excluding carboxylic acids is 1. The second-order valence-corrected chi connectivity index (χ2v) is 5.03. The molecule has 4 heteroatoms. The monoisotopic (exact) mass is 286 g/mol. The molecule has 0 spiro atoms. The third-order valence-electron chi connectivity index (χ3n) is 3.22. The largest absolute Gasteiger partial charge is 0.330 e. The van der Waals surface area contributed by atoms with Crippen molar-refractivity contribution in [2.75, 3.05) is 11.9 Å². The van der Waals surface area contributed by atoms with Gasteiger partial charge in [-0.3, -0.25) is 4.79 Å². The van der Waals surface area contributed by atoms with Gasteiger partial charge in [0.2, 0.25) is 0 Å². The maximum absolute atomic E-state index is 13.8. The topological polar surface area (TPSA) is 55.1 Å². The van der Waals surface area contributed by atoms with Gasteiger partial charge in [0.05, 0.1) is 5.56 Å². The van der Waals surface area contributed by atoms with Crippen LogP contribution in [-0.2, 0) is 6.42 Å². The van der Waals surface area contributed by atoms with Gasteiger partial charge in [0.1, 0.15) is 5.82 Å². The third kappa shape index (κ3) is 4.13. The Morgan fingerprint density at radius 2 is 2.05 bits per heavy atom. The molecule has 0 saturated heterocycles. The molecule has 110 valence electrons. The van der Waals surface area contributed by atoms with Gasteiger partial charge in [-0.1, -0.05) is 18.2 Å². The maximum Gasteiger partial charge on any atom is 0.258 e. The van der Waals surface area contributed by atoms with Crippen molar-refractivity contribution in [1.82, 2.24) is 0 Å². The van der Waals surface area contributed by atoms with Crippen molar-refractivity contribution in [1.29, 1.82) is 0 Å². The number of rotatable bonds is 5. The number of hydrogen-bond acceptors (Lipinski definition) is 2. The Bertz CT molecular complexity index is 640. The fourth-order valence-electron chi connectivity index (χ4n) is 2.11. The highest BCUT2D eigenvalue weighted by atomic mass is 19.1. The smallest absolute Gasteiger partial charge is 0.258 e. The predicted octanol–water partition coefficient (Wildman–Crippen LogP) is 3.28. The van der Waals surface area contributed by atoms with Crippen LogP contribution in [0.1, 0.15) is 27.9 Å². The molecular formula is C17H19FN2O. The summed E-state index contributed by atoms with van der Waals surface area (Å²) in [6, 6.07) is 12.1. The fourth-order valence-corrected chi connectivity index (χ4v) is 2.11. The van der Waals surface area contributed by atoms with Crippen LogP contribution in [0, 0.1) is 12.7 Å². The summed E-state index contributed by atoms with van der Waals surface area (Å²) in [5.74, 6) is -0.949. The molecule has 0 saturated carbocycles. The first-order valence-electron chi connectivity index (χ1n) is 6.96. The van der Waals surface area contributed by atoms with E-state index in [0.717, 1.165) is 24.0 Å². The first kappa shape index (κ1) is 15.2. The van der Waals surface area contributed by atoms with Crippen LogP contribution in [0.25, 0.3) is 0 Å². The molecule has 3 nitrogen and oxygen atoms in total. The number of aryl methyl sites for hydroxylation is 2. The number of benzene rings is 2. The van der Waals surface area contributed by atoms with E-state index in [4.69, 9.17) is 5.73 Å². The van der Waals surface area contributed by atoms with Crippen LogP contribution in [0.2, 0.25) is 0 Å². The summed E-state index contributed by atoms with van der Waals surface area (Å²) < 4.78 is 13.8. The molecule has 3 N–H and O–H groups in total. The third-order valence-corrected chi connectivity index (χ3v) is 3.22. The average Bonchev–Trinajstić information content (AvgIpc) is 2.45. The highest BCUT2D eigenvalue weighted by molar-refractivity contribution is 6.04. The molecule has 2 aromatic rings. The first-order chi connectivity index (χ1) is 10.1. The van der Waals surface area contributed by atoms with Crippen molar-refractivity contribution in [3.05, 3.63) is 65.0 Å². The minimum atomic E-state index is -0.508. The molecule has 0 unspecified atom stereocenters. The summed E-state index contributed by atoms with van der Waals surface area (Å²) in [6.07, 6.45) is 1.75. The second kappa shape index (κ2) is 6.99. The van der Waals surface area contributed by atoms with Gasteiger partial charge in [-0.25, -0.2) is 4.39 Å².